The van der Waals surface area contributed by atoms with E-state index in [1.807, 2.05) is 30.8 Å². The van der Waals surface area contributed by atoms with E-state index in [9.17, 15) is 4.79 Å². The lowest BCUT2D eigenvalue weighted by molar-refractivity contribution is -0.121. The number of nitrogens with zero attached hydrogens (tertiary/aromatic N) is 4. The van der Waals surface area contributed by atoms with Crippen molar-refractivity contribution in [1.29, 1.82) is 0 Å². The second-order valence-corrected chi connectivity index (χ2v) is 5.50. The molecule has 2 heterocycles. The van der Waals surface area contributed by atoms with Crippen LogP contribution in [0.2, 0.25) is 0 Å². The number of carbonyl (C=O) groups excluding carboxylic acids is 1. The molecule has 2 aromatic rings. The molecular weight excluding hydrogens is 262 g/mol. The first kappa shape index (κ1) is 13.7. The van der Waals surface area contributed by atoms with Crippen LogP contribution in [0.1, 0.15) is 35.9 Å². The Balaban J connectivity index is 1.83. The molecule has 1 amide bonds. The van der Waals surface area contributed by atoms with Gasteiger partial charge in [-0.15, -0.1) is 21.5 Å². The minimum atomic E-state index is -0.0584. The zero-order valence-corrected chi connectivity index (χ0v) is 12.1. The first-order valence-electron chi connectivity index (χ1n) is 6.10. The van der Waals surface area contributed by atoms with Crippen LogP contribution in [0.25, 0.3) is 0 Å². The Labute approximate surface area is 115 Å². The maximum atomic E-state index is 11.8. The van der Waals surface area contributed by atoms with Crippen LogP contribution >= 0.6 is 11.3 Å². The molecule has 1 N–H and O–H groups in total. The van der Waals surface area contributed by atoms with Crippen LogP contribution in [0, 0.1) is 6.92 Å². The van der Waals surface area contributed by atoms with E-state index in [0.717, 1.165) is 16.5 Å². The number of rotatable bonds is 5. The lowest BCUT2D eigenvalue weighted by Gasteiger charge is -2.11. The van der Waals surface area contributed by atoms with Crippen LogP contribution in [0.3, 0.4) is 0 Å². The van der Waals surface area contributed by atoms with Gasteiger partial charge in [0.2, 0.25) is 5.91 Å². The molecule has 19 heavy (non-hydrogen) atoms. The number of thiazole rings is 1. The van der Waals surface area contributed by atoms with E-state index >= 15 is 0 Å². The van der Waals surface area contributed by atoms with Gasteiger partial charge >= 0.3 is 0 Å². The van der Waals surface area contributed by atoms with Crippen molar-refractivity contribution in [1.82, 2.24) is 25.1 Å². The molecule has 6 nitrogen and oxygen atoms in total. The Morgan fingerprint density at radius 3 is 2.95 bits per heavy atom. The van der Waals surface area contributed by atoms with Crippen LogP contribution < -0.4 is 5.32 Å². The highest BCUT2D eigenvalue weighted by molar-refractivity contribution is 7.09. The third kappa shape index (κ3) is 3.60. The Hall–Kier alpha value is -1.76. The predicted octanol–water partition coefficient (Wildman–Crippen LogP) is 1.39. The van der Waals surface area contributed by atoms with E-state index in [1.165, 1.54) is 0 Å². The fourth-order valence-electron chi connectivity index (χ4n) is 1.73. The van der Waals surface area contributed by atoms with Gasteiger partial charge in [0.15, 0.2) is 0 Å². The number of hydrogen-bond acceptors (Lipinski definition) is 5. The third-order valence-corrected chi connectivity index (χ3v) is 3.63. The summed E-state index contributed by atoms with van der Waals surface area (Å²) in [6.07, 6.45) is 2.62. The van der Waals surface area contributed by atoms with Gasteiger partial charge in [0, 0.05) is 25.3 Å². The molecule has 0 aromatic carbocycles. The maximum absolute atomic E-state index is 11.8. The molecular formula is C12H17N5OS. The van der Waals surface area contributed by atoms with Gasteiger partial charge in [0.05, 0.1) is 16.7 Å². The Kier molecular flexibility index (Phi) is 4.26. The van der Waals surface area contributed by atoms with E-state index in [2.05, 4.69) is 20.5 Å². The lowest BCUT2D eigenvalue weighted by atomic mass is 10.2. The minimum Gasteiger partial charge on any atom is -0.348 e. The minimum absolute atomic E-state index is 0.00107. The van der Waals surface area contributed by atoms with Gasteiger partial charge in [-0.25, -0.2) is 4.98 Å². The summed E-state index contributed by atoms with van der Waals surface area (Å²) in [7, 11) is 1.87. The summed E-state index contributed by atoms with van der Waals surface area (Å²) in [5, 5.41) is 13.7. The highest BCUT2D eigenvalue weighted by atomic mass is 32.1. The number of hydrogen-bond donors (Lipinski definition) is 1. The van der Waals surface area contributed by atoms with Gasteiger partial charge in [0.1, 0.15) is 12.2 Å². The van der Waals surface area contributed by atoms with Crippen molar-refractivity contribution >= 4 is 17.2 Å². The molecule has 0 saturated carbocycles. The Morgan fingerprint density at radius 1 is 1.58 bits per heavy atom. The summed E-state index contributed by atoms with van der Waals surface area (Å²) in [5.41, 5.74) is 0.912. The highest BCUT2D eigenvalue weighted by Crippen LogP contribution is 2.15. The summed E-state index contributed by atoms with van der Waals surface area (Å²) in [5.74, 6) is 0.813. The monoisotopic (exact) mass is 279 g/mol. The van der Waals surface area contributed by atoms with E-state index in [4.69, 9.17) is 0 Å². The van der Waals surface area contributed by atoms with Crippen molar-refractivity contribution in [2.45, 2.75) is 32.7 Å². The van der Waals surface area contributed by atoms with Gasteiger partial charge in [0.25, 0.3) is 0 Å². The van der Waals surface area contributed by atoms with E-state index in [0.29, 0.717) is 12.8 Å². The van der Waals surface area contributed by atoms with E-state index in [1.54, 1.807) is 17.7 Å². The number of aryl methyl sites for hydroxylation is 3. The molecule has 0 aliphatic heterocycles. The predicted molar refractivity (Wildman–Crippen MR) is 72.7 cm³/mol. The van der Waals surface area contributed by atoms with Gasteiger partial charge in [-0.3, -0.25) is 4.79 Å². The molecule has 0 aliphatic carbocycles. The number of nitrogens with one attached hydrogen (secondary N) is 1. The van der Waals surface area contributed by atoms with Crippen molar-refractivity contribution < 1.29 is 4.79 Å². The van der Waals surface area contributed by atoms with Gasteiger partial charge in [-0.2, -0.15) is 0 Å². The van der Waals surface area contributed by atoms with Crippen molar-refractivity contribution in [3.8, 4) is 0 Å². The van der Waals surface area contributed by atoms with Gasteiger partial charge in [-0.05, 0) is 13.8 Å². The summed E-state index contributed by atoms with van der Waals surface area (Å²) in [6.45, 7) is 3.89. The molecule has 102 valence electrons. The molecule has 7 heteroatoms. The van der Waals surface area contributed by atoms with Gasteiger partial charge in [-0.1, -0.05) is 0 Å². The highest BCUT2D eigenvalue weighted by Gasteiger charge is 2.13. The summed E-state index contributed by atoms with van der Waals surface area (Å²) >= 11 is 1.59. The van der Waals surface area contributed by atoms with Crippen LogP contribution in [0.5, 0.6) is 0 Å². The molecule has 2 rings (SSSR count). The van der Waals surface area contributed by atoms with Gasteiger partial charge < -0.3 is 9.88 Å². The fourth-order valence-corrected chi connectivity index (χ4v) is 2.43. The Morgan fingerprint density at radius 2 is 2.37 bits per heavy atom. The van der Waals surface area contributed by atoms with Crippen molar-refractivity contribution in [2.75, 3.05) is 0 Å². The smallest absolute Gasteiger partial charge is 0.220 e. The molecule has 0 bridgehead atoms. The standard InChI is InChI=1S/C12H17N5OS/c1-8(10-6-19-9(2)15-10)14-12(18)5-4-11-16-13-7-17(11)3/h6-8H,4-5H2,1-3H3,(H,14,18)/t8-/m1/s1. The SMILES string of the molecule is Cc1nc([C@@H](C)NC(=O)CCc2nncn2C)cs1. The van der Waals surface area contributed by atoms with E-state index in [-0.39, 0.29) is 11.9 Å². The molecule has 0 radical (unpaired) electrons. The Bertz CT molecular complexity index is 562. The quantitative estimate of drug-likeness (QED) is 0.897. The maximum Gasteiger partial charge on any atom is 0.220 e. The molecule has 0 unspecified atom stereocenters. The number of carbonyl (C=O) groups is 1. The second-order valence-electron chi connectivity index (χ2n) is 4.44. The molecule has 1 atom stereocenters. The lowest BCUT2D eigenvalue weighted by Crippen LogP contribution is -2.27. The number of aromatic nitrogens is 4. The zero-order chi connectivity index (χ0) is 13.8. The molecule has 2 aromatic heterocycles. The summed E-state index contributed by atoms with van der Waals surface area (Å²) < 4.78 is 1.82. The van der Waals surface area contributed by atoms with Crippen LogP contribution in [-0.2, 0) is 18.3 Å². The van der Waals surface area contributed by atoms with Crippen molar-refractivity contribution in [2.24, 2.45) is 7.05 Å². The van der Waals surface area contributed by atoms with Crippen molar-refractivity contribution in [3.05, 3.63) is 28.2 Å². The molecule has 0 spiro atoms. The topological polar surface area (TPSA) is 72.7 Å². The van der Waals surface area contributed by atoms with Crippen LogP contribution in [-0.4, -0.2) is 25.7 Å². The largest absolute Gasteiger partial charge is 0.348 e. The summed E-state index contributed by atoms with van der Waals surface area (Å²) in [6, 6.07) is -0.0584. The first-order valence-corrected chi connectivity index (χ1v) is 6.98. The zero-order valence-electron chi connectivity index (χ0n) is 11.3. The second kappa shape index (κ2) is 5.92. The third-order valence-electron chi connectivity index (χ3n) is 2.84. The molecule has 0 aliphatic rings. The first-order chi connectivity index (χ1) is 9.06. The molecule has 0 fully saturated rings. The van der Waals surface area contributed by atoms with E-state index < -0.39 is 0 Å². The molecule has 0 saturated heterocycles. The van der Waals surface area contributed by atoms with Crippen molar-refractivity contribution in [3.63, 3.8) is 0 Å². The fraction of sp³-hybridized carbons (Fsp3) is 0.500. The number of amides is 1. The van der Waals surface area contributed by atoms with Crippen LogP contribution in [0.15, 0.2) is 11.7 Å². The summed E-state index contributed by atoms with van der Waals surface area (Å²) in [4.78, 5) is 16.2. The average Bonchev–Trinajstić information content (AvgIpc) is 2.95. The average molecular weight is 279 g/mol. The van der Waals surface area contributed by atoms with Crippen LogP contribution in [0.4, 0.5) is 0 Å². The normalized spacial score (nSPS) is 12.4.